The minimum Gasteiger partial charge on any atom is -0.380 e. The van der Waals surface area contributed by atoms with Crippen LogP contribution >= 0.6 is 0 Å². The van der Waals surface area contributed by atoms with Crippen molar-refractivity contribution in [3.63, 3.8) is 0 Å². The molecule has 3 fully saturated rings. The van der Waals surface area contributed by atoms with Crippen molar-refractivity contribution in [1.29, 1.82) is 0 Å². The van der Waals surface area contributed by atoms with Crippen LogP contribution in [0, 0.1) is 5.92 Å². The molecule has 0 aromatic carbocycles. The number of hydrogen-bond donors (Lipinski definition) is 1. The molecule has 0 radical (unpaired) electrons. The molecular weight excluding hydrogens is 282 g/mol. The van der Waals surface area contributed by atoms with Gasteiger partial charge in [0, 0.05) is 50.4 Å². The molecule has 4 heterocycles. The number of aryl methyl sites for hydroxylation is 1. The zero-order valence-corrected chi connectivity index (χ0v) is 12.9. The minimum atomic E-state index is 0.00710. The van der Waals surface area contributed by atoms with Crippen LogP contribution in [-0.4, -0.2) is 66.5 Å². The molecule has 0 unspecified atom stereocenters. The molecule has 1 aromatic rings. The molecule has 1 amide bonds. The Morgan fingerprint density at radius 2 is 2.23 bits per heavy atom. The highest BCUT2D eigenvalue weighted by Gasteiger charge is 2.48. The molecule has 0 spiro atoms. The van der Waals surface area contributed by atoms with E-state index < -0.39 is 0 Å². The molecule has 3 aliphatic heterocycles. The Morgan fingerprint density at radius 1 is 1.32 bits per heavy atom. The van der Waals surface area contributed by atoms with Gasteiger partial charge in [-0.05, 0) is 18.6 Å². The Balaban J connectivity index is 1.47. The summed E-state index contributed by atoms with van der Waals surface area (Å²) in [5.74, 6) is 0.400. The monoisotopic (exact) mass is 305 g/mol. The topological polar surface area (TPSA) is 55.7 Å². The lowest BCUT2D eigenvalue weighted by molar-refractivity contribution is 0.0886. The van der Waals surface area contributed by atoms with Gasteiger partial charge in [0.15, 0.2) is 0 Å². The molecule has 0 saturated carbocycles. The first-order valence-electron chi connectivity index (χ1n) is 8.07. The normalized spacial score (nSPS) is 35.0. The first-order chi connectivity index (χ1) is 10.7. The Morgan fingerprint density at radius 3 is 2.95 bits per heavy atom. The van der Waals surface area contributed by atoms with E-state index >= 15 is 0 Å². The zero-order chi connectivity index (χ0) is 15.1. The molecular formula is C16H23N3O3. The number of nitrogens with zero attached hydrogens (tertiary/aromatic N) is 2. The van der Waals surface area contributed by atoms with E-state index in [0.717, 1.165) is 39.4 Å². The second kappa shape index (κ2) is 5.68. The highest BCUT2D eigenvalue weighted by Crippen LogP contribution is 2.33. The lowest BCUT2D eigenvalue weighted by atomic mass is 9.99. The van der Waals surface area contributed by atoms with Crippen LogP contribution in [0.3, 0.4) is 0 Å². The SMILES string of the molecule is Cn1cccc1C(=O)N[C@@H]1CN([C@H]2CCOC2)[C@@H]2COC[C@@H]21. The van der Waals surface area contributed by atoms with Crippen LogP contribution in [0.25, 0.3) is 0 Å². The van der Waals surface area contributed by atoms with Gasteiger partial charge in [0.2, 0.25) is 0 Å². The summed E-state index contributed by atoms with van der Waals surface area (Å²) in [7, 11) is 1.90. The molecule has 3 saturated heterocycles. The van der Waals surface area contributed by atoms with Gasteiger partial charge in [-0.3, -0.25) is 9.69 Å². The van der Waals surface area contributed by atoms with Gasteiger partial charge in [-0.15, -0.1) is 0 Å². The summed E-state index contributed by atoms with van der Waals surface area (Å²) in [4.78, 5) is 15.0. The van der Waals surface area contributed by atoms with Crippen LogP contribution in [0.1, 0.15) is 16.9 Å². The van der Waals surface area contributed by atoms with E-state index in [-0.39, 0.29) is 11.9 Å². The van der Waals surface area contributed by atoms with E-state index in [2.05, 4.69) is 10.2 Å². The van der Waals surface area contributed by atoms with Crippen LogP contribution in [0.15, 0.2) is 18.3 Å². The second-order valence-electron chi connectivity index (χ2n) is 6.57. The van der Waals surface area contributed by atoms with Crippen molar-refractivity contribution in [2.24, 2.45) is 13.0 Å². The molecule has 6 heteroatoms. The summed E-state index contributed by atoms with van der Waals surface area (Å²) >= 11 is 0. The molecule has 1 aromatic heterocycles. The van der Waals surface area contributed by atoms with Crippen molar-refractivity contribution < 1.29 is 14.3 Å². The molecule has 120 valence electrons. The third-order valence-electron chi connectivity index (χ3n) is 5.31. The molecule has 4 rings (SSSR count). The van der Waals surface area contributed by atoms with E-state index in [4.69, 9.17) is 9.47 Å². The molecule has 22 heavy (non-hydrogen) atoms. The van der Waals surface area contributed by atoms with E-state index in [1.165, 1.54) is 0 Å². The van der Waals surface area contributed by atoms with Crippen molar-refractivity contribution >= 4 is 5.91 Å². The van der Waals surface area contributed by atoms with Crippen molar-refractivity contribution in [3.05, 3.63) is 24.0 Å². The van der Waals surface area contributed by atoms with E-state index in [1.807, 2.05) is 29.9 Å². The minimum absolute atomic E-state index is 0.00710. The van der Waals surface area contributed by atoms with Crippen LogP contribution < -0.4 is 5.32 Å². The number of rotatable bonds is 3. The fraction of sp³-hybridized carbons (Fsp3) is 0.688. The standard InChI is InChI=1S/C16H23N3O3/c1-18-5-2-3-14(18)16(20)17-13-7-19(11-4-6-21-8-11)15-10-22-9-12(13)15/h2-3,5,11-13,15H,4,6-10H2,1H3,(H,17,20)/t11-,12+,13+,15+/m0/s1. The summed E-state index contributed by atoms with van der Waals surface area (Å²) < 4.78 is 13.1. The lowest BCUT2D eigenvalue weighted by Gasteiger charge is -2.27. The third-order valence-corrected chi connectivity index (χ3v) is 5.31. The molecule has 1 N–H and O–H groups in total. The van der Waals surface area contributed by atoms with Crippen molar-refractivity contribution in [1.82, 2.24) is 14.8 Å². The number of carbonyl (C=O) groups is 1. The first-order valence-corrected chi connectivity index (χ1v) is 8.07. The number of carbonyl (C=O) groups excluding carboxylic acids is 1. The molecule has 3 aliphatic rings. The van der Waals surface area contributed by atoms with E-state index in [1.54, 1.807) is 0 Å². The number of likely N-dealkylation sites (tertiary alicyclic amines) is 1. The summed E-state index contributed by atoms with van der Waals surface area (Å²) in [5, 5.41) is 3.22. The predicted molar refractivity (Wildman–Crippen MR) is 80.7 cm³/mol. The molecule has 0 aliphatic carbocycles. The number of nitrogens with one attached hydrogen (secondary N) is 1. The van der Waals surface area contributed by atoms with Gasteiger partial charge in [0.25, 0.3) is 5.91 Å². The number of fused-ring (bicyclic) bond motifs is 1. The maximum Gasteiger partial charge on any atom is 0.268 e. The van der Waals surface area contributed by atoms with Crippen molar-refractivity contribution in [2.75, 3.05) is 33.0 Å². The highest BCUT2D eigenvalue weighted by atomic mass is 16.5. The van der Waals surface area contributed by atoms with Gasteiger partial charge in [-0.1, -0.05) is 0 Å². The van der Waals surface area contributed by atoms with Gasteiger partial charge < -0.3 is 19.4 Å². The number of ether oxygens (including phenoxy) is 2. The predicted octanol–water partition coefficient (Wildman–Crippen LogP) is 0.243. The summed E-state index contributed by atoms with van der Waals surface area (Å²) in [6.07, 6.45) is 2.98. The van der Waals surface area contributed by atoms with E-state index in [9.17, 15) is 4.79 Å². The summed E-state index contributed by atoms with van der Waals surface area (Å²) in [5.41, 5.74) is 0.707. The Kier molecular flexibility index (Phi) is 3.68. The fourth-order valence-electron chi connectivity index (χ4n) is 4.08. The molecule has 4 atom stereocenters. The zero-order valence-electron chi connectivity index (χ0n) is 12.9. The average molecular weight is 305 g/mol. The Bertz CT molecular complexity index is 553. The van der Waals surface area contributed by atoms with Crippen molar-refractivity contribution in [2.45, 2.75) is 24.5 Å². The molecule has 6 nitrogen and oxygen atoms in total. The van der Waals surface area contributed by atoms with E-state index in [0.29, 0.717) is 23.7 Å². The number of aromatic nitrogens is 1. The summed E-state index contributed by atoms with van der Waals surface area (Å²) in [6, 6.07) is 4.81. The third kappa shape index (κ3) is 2.35. The first kappa shape index (κ1) is 14.2. The highest BCUT2D eigenvalue weighted by molar-refractivity contribution is 5.93. The van der Waals surface area contributed by atoms with Crippen LogP contribution in [0.5, 0.6) is 0 Å². The van der Waals surface area contributed by atoms with Crippen molar-refractivity contribution in [3.8, 4) is 0 Å². The van der Waals surface area contributed by atoms with Crippen LogP contribution in [0.4, 0.5) is 0 Å². The van der Waals surface area contributed by atoms with Crippen LogP contribution in [-0.2, 0) is 16.5 Å². The Labute approximate surface area is 130 Å². The largest absolute Gasteiger partial charge is 0.380 e. The number of hydrogen-bond acceptors (Lipinski definition) is 4. The maximum atomic E-state index is 12.5. The van der Waals surface area contributed by atoms with Gasteiger partial charge >= 0.3 is 0 Å². The van der Waals surface area contributed by atoms with Gasteiger partial charge in [0.05, 0.1) is 19.8 Å². The lowest BCUT2D eigenvalue weighted by Crippen LogP contribution is -2.43. The van der Waals surface area contributed by atoms with Gasteiger partial charge in [-0.25, -0.2) is 0 Å². The fourth-order valence-corrected chi connectivity index (χ4v) is 4.08. The maximum absolute atomic E-state index is 12.5. The van der Waals surface area contributed by atoms with Gasteiger partial charge in [-0.2, -0.15) is 0 Å². The quantitative estimate of drug-likeness (QED) is 0.869. The smallest absolute Gasteiger partial charge is 0.268 e. The Hall–Kier alpha value is -1.37. The second-order valence-corrected chi connectivity index (χ2v) is 6.57. The molecule has 0 bridgehead atoms. The van der Waals surface area contributed by atoms with Gasteiger partial charge in [0.1, 0.15) is 5.69 Å². The number of amides is 1. The summed E-state index contributed by atoms with van der Waals surface area (Å²) in [6.45, 7) is 4.08. The van der Waals surface area contributed by atoms with Crippen LogP contribution in [0.2, 0.25) is 0 Å². The average Bonchev–Trinajstić information content (AvgIpc) is 3.23.